The van der Waals surface area contributed by atoms with Crippen LogP contribution in [0.4, 0.5) is 4.79 Å². The summed E-state index contributed by atoms with van der Waals surface area (Å²) in [7, 11) is 3.79. The maximum atomic E-state index is 12.7. The van der Waals surface area contributed by atoms with E-state index in [1.54, 1.807) is 0 Å². The number of rotatable bonds is 4. The molecule has 2 aromatic carbocycles. The summed E-state index contributed by atoms with van der Waals surface area (Å²) in [4.78, 5) is 27.6. The van der Waals surface area contributed by atoms with Crippen molar-refractivity contribution in [1.82, 2.24) is 9.80 Å². The number of nitrogens with zero attached hydrogens (tertiary/aromatic N) is 2. The molecule has 1 N–H and O–H groups in total. The lowest BCUT2D eigenvalue weighted by atomic mass is 9.98. The van der Waals surface area contributed by atoms with Crippen LogP contribution in [0.25, 0.3) is 11.1 Å². The molecule has 0 saturated carbocycles. The van der Waals surface area contributed by atoms with E-state index in [0.29, 0.717) is 13.0 Å². The number of fused-ring (bicyclic) bond motifs is 3. The second-order valence-electron chi connectivity index (χ2n) is 7.66. The Morgan fingerprint density at radius 2 is 1.64 bits per heavy atom. The zero-order valence-corrected chi connectivity index (χ0v) is 16.0. The van der Waals surface area contributed by atoms with Crippen molar-refractivity contribution in [2.45, 2.75) is 24.4 Å². The van der Waals surface area contributed by atoms with Gasteiger partial charge in [0.05, 0.1) is 0 Å². The third-order valence-electron chi connectivity index (χ3n) is 5.86. The van der Waals surface area contributed by atoms with E-state index in [0.717, 1.165) is 22.3 Å². The number of aliphatic carboxylic acids is 1. The van der Waals surface area contributed by atoms with Gasteiger partial charge in [-0.05, 0) is 42.8 Å². The van der Waals surface area contributed by atoms with E-state index in [1.165, 1.54) is 4.90 Å². The van der Waals surface area contributed by atoms with Gasteiger partial charge in [-0.15, -0.1) is 0 Å². The summed E-state index contributed by atoms with van der Waals surface area (Å²) in [6, 6.07) is 15.4. The molecular formula is C22H24N2O4. The number of carbonyl (C=O) groups excluding carboxylic acids is 1. The summed E-state index contributed by atoms with van der Waals surface area (Å²) in [6.45, 7) is 0.559. The van der Waals surface area contributed by atoms with Gasteiger partial charge in [-0.3, -0.25) is 4.90 Å². The Balaban J connectivity index is 1.51. The van der Waals surface area contributed by atoms with Crippen molar-refractivity contribution in [1.29, 1.82) is 0 Å². The smallest absolute Gasteiger partial charge is 0.410 e. The zero-order chi connectivity index (χ0) is 19.8. The third kappa shape index (κ3) is 3.14. The minimum Gasteiger partial charge on any atom is -0.480 e. The Labute approximate surface area is 164 Å². The van der Waals surface area contributed by atoms with Gasteiger partial charge in [0, 0.05) is 18.5 Å². The Morgan fingerprint density at radius 1 is 1.07 bits per heavy atom. The highest BCUT2D eigenvalue weighted by atomic mass is 16.6. The van der Waals surface area contributed by atoms with Crippen LogP contribution in [0.2, 0.25) is 0 Å². The number of benzene rings is 2. The average Bonchev–Trinajstić information content (AvgIpc) is 3.27. The molecule has 0 radical (unpaired) electrons. The van der Waals surface area contributed by atoms with Crippen LogP contribution >= 0.6 is 0 Å². The van der Waals surface area contributed by atoms with Gasteiger partial charge in [0.1, 0.15) is 12.6 Å². The predicted molar refractivity (Wildman–Crippen MR) is 105 cm³/mol. The summed E-state index contributed by atoms with van der Waals surface area (Å²) in [5.74, 6) is -1.02. The lowest BCUT2D eigenvalue weighted by molar-refractivity contribution is -0.141. The molecule has 0 bridgehead atoms. The largest absolute Gasteiger partial charge is 0.480 e. The van der Waals surface area contributed by atoms with Gasteiger partial charge in [-0.25, -0.2) is 9.59 Å². The van der Waals surface area contributed by atoms with Gasteiger partial charge < -0.3 is 14.7 Å². The van der Waals surface area contributed by atoms with Gasteiger partial charge in [0.2, 0.25) is 0 Å². The van der Waals surface area contributed by atoms with Crippen LogP contribution in [-0.2, 0) is 9.53 Å². The zero-order valence-electron chi connectivity index (χ0n) is 16.0. The van der Waals surface area contributed by atoms with Crippen LogP contribution in [0, 0.1) is 0 Å². The molecular weight excluding hydrogens is 356 g/mol. The molecule has 1 aliphatic carbocycles. The second-order valence-corrected chi connectivity index (χ2v) is 7.66. The van der Waals surface area contributed by atoms with Crippen LogP contribution < -0.4 is 0 Å². The minimum absolute atomic E-state index is 0.0154. The summed E-state index contributed by atoms with van der Waals surface area (Å²) in [6.07, 6.45) is -0.148. The number of amides is 1. The van der Waals surface area contributed by atoms with Gasteiger partial charge in [0.15, 0.2) is 0 Å². The lowest BCUT2D eigenvalue weighted by Gasteiger charge is -2.23. The molecule has 1 fully saturated rings. The fraction of sp³-hybridized carbons (Fsp3) is 0.364. The molecule has 2 atom stereocenters. The molecule has 28 heavy (non-hydrogen) atoms. The van der Waals surface area contributed by atoms with Gasteiger partial charge in [-0.2, -0.15) is 0 Å². The van der Waals surface area contributed by atoms with Crippen molar-refractivity contribution in [3.8, 4) is 11.1 Å². The molecule has 2 aliphatic rings. The fourth-order valence-corrected chi connectivity index (χ4v) is 4.30. The lowest BCUT2D eigenvalue weighted by Crippen LogP contribution is -2.41. The molecule has 4 rings (SSSR count). The first-order chi connectivity index (χ1) is 13.5. The van der Waals surface area contributed by atoms with Crippen molar-refractivity contribution in [3.05, 3.63) is 59.7 Å². The fourth-order valence-electron chi connectivity index (χ4n) is 4.30. The van der Waals surface area contributed by atoms with Crippen molar-refractivity contribution >= 4 is 12.1 Å². The molecule has 0 spiro atoms. The maximum absolute atomic E-state index is 12.7. The van der Waals surface area contributed by atoms with Crippen molar-refractivity contribution in [3.63, 3.8) is 0 Å². The van der Waals surface area contributed by atoms with E-state index in [1.807, 2.05) is 43.3 Å². The van der Waals surface area contributed by atoms with E-state index in [-0.39, 0.29) is 18.6 Å². The first-order valence-corrected chi connectivity index (χ1v) is 9.48. The van der Waals surface area contributed by atoms with Crippen LogP contribution in [0.15, 0.2) is 48.5 Å². The van der Waals surface area contributed by atoms with Crippen LogP contribution in [0.5, 0.6) is 0 Å². The first-order valence-electron chi connectivity index (χ1n) is 9.48. The minimum atomic E-state index is -0.988. The molecule has 146 valence electrons. The highest BCUT2D eigenvalue weighted by Crippen LogP contribution is 2.44. The highest BCUT2D eigenvalue weighted by molar-refractivity contribution is 5.81. The number of likely N-dealkylation sites (N-methyl/N-ethyl adjacent to an activating group) is 1. The Bertz CT molecular complexity index is 865. The van der Waals surface area contributed by atoms with Gasteiger partial charge >= 0.3 is 12.1 Å². The monoisotopic (exact) mass is 380 g/mol. The molecule has 2 aromatic rings. The van der Waals surface area contributed by atoms with E-state index >= 15 is 0 Å². The standard InChI is InChI=1S/C22H24N2O4/c1-23(2)14-11-20(21(25)26)24(12-14)22(27)28-13-19-17-9-5-3-7-15(17)16-8-4-6-10-18(16)19/h3-10,14,19-20H,11-13H2,1-2H3,(H,25,26)/t14-,20+/m0/s1. The van der Waals surface area contributed by atoms with E-state index < -0.39 is 18.1 Å². The third-order valence-corrected chi connectivity index (χ3v) is 5.86. The molecule has 1 saturated heterocycles. The summed E-state index contributed by atoms with van der Waals surface area (Å²) in [5, 5.41) is 9.50. The Morgan fingerprint density at radius 3 is 2.18 bits per heavy atom. The first kappa shape index (κ1) is 18.5. The summed E-state index contributed by atoms with van der Waals surface area (Å²) < 4.78 is 5.64. The highest BCUT2D eigenvalue weighted by Gasteiger charge is 2.41. The van der Waals surface area contributed by atoms with Crippen molar-refractivity contribution in [2.75, 3.05) is 27.2 Å². The SMILES string of the molecule is CN(C)[C@H]1C[C@H](C(=O)O)N(C(=O)OCC2c3ccccc3-c3ccccc32)C1. The van der Waals surface area contributed by atoms with E-state index in [9.17, 15) is 14.7 Å². The second kappa shape index (κ2) is 7.28. The maximum Gasteiger partial charge on any atom is 0.410 e. The summed E-state index contributed by atoms with van der Waals surface area (Å²) >= 11 is 0. The molecule has 1 amide bonds. The number of carboxylic acid groups (broad SMARTS) is 1. The normalized spacial score (nSPS) is 20.9. The van der Waals surface area contributed by atoms with Crippen LogP contribution in [0.3, 0.4) is 0 Å². The van der Waals surface area contributed by atoms with Crippen molar-refractivity contribution in [2.24, 2.45) is 0 Å². The molecule has 1 heterocycles. The number of carboxylic acids is 1. The van der Waals surface area contributed by atoms with E-state index in [2.05, 4.69) is 24.3 Å². The van der Waals surface area contributed by atoms with Crippen LogP contribution in [0.1, 0.15) is 23.5 Å². The molecule has 0 aromatic heterocycles. The molecule has 1 aliphatic heterocycles. The predicted octanol–water partition coefficient (Wildman–Crippen LogP) is 3.02. The molecule has 6 heteroatoms. The van der Waals surface area contributed by atoms with E-state index in [4.69, 9.17) is 4.74 Å². The van der Waals surface area contributed by atoms with Crippen LogP contribution in [-0.4, -0.2) is 66.3 Å². The number of hydrogen-bond acceptors (Lipinski definition) is 4. The van der Waals surface area contributed by atoms with Gasteiger partial charge in [-0.1, -0.05) is 48.5 Å². The topological polar surface area (TPSA) is 70.1 Å². The van der Waals surface area contributed by atoms with Gasteiger partial charge in [0.25, 0.3) is 0 Å². The number of likely N-dealkylation sites (tertiary alicyclic amines) is 1. The molecule has 6 nitrogen and oxygen atoms in total. The number of hydrogen-bond donors (Lipinski definition) is 1. The van der Waals surface area contributed by atoms with Crippen molar-refractivity contribution < 1.29 is 19.4 Å². The number of ether oxygens (including phenoxy) is 1. The Hall–Kier alpha value is -2.86. The average molecular weight is 380 g/mol. The molecule has 0 unspecified atom stereocenters. The Kier molecular flexibility index (Phi) is 4.81. The number of carbonyl (C=O) groups is 2. The quantitative estimate of drug-likeness (QED) is 0.883. The summed E-state index contributed by atoms with van der Waals surface area (Å²) in [5.41, 5.74) is 4.60.